The van der Waals surface area contributed by atoms with Crippen molar-refractivity contribution in [3.63, 3.8) is 0 Å². The Hall–Kier alpha value is -1.61. The van der Waals surface area contributed by atoms with Gasteiger partial charge in [0.2, 0.25) is 0 Å². The van der Waals surface area contributed by atoms with E-state index < -0.39 is 0 Å². The molecular formula is C18H25N3. The Balaban J connectivity index is 1.77. The average Bonchev–Trinajstić information content (AvgIpc) is 2.94. The van der Waals surface area contributed by atoms with Crippen LogP contribution in [0.25, 0.3) is 0 Å². The Morgan fingerprint density at radius 2 is 2.24 bits per heavy atom. The maximum Gasteiger partial charge on any atom is 0.110 e. The van der Waals surface area contributed by atoms with Gasteiger partial charge in [0.25, 0.3) is 0 Å². The van der Waals surface area contributed by atoms with E-state index in [2.05, 4.69) is 46.9 Å². The molecule has 2 aromatic rings. The summed E-state index contributed by atoms with van der Waals surface area (Å²) in [6, 6.07) is 8.95. The normalized spacial score (nSPS) is 19.2. The maximum absolute atomic E-state index is 6.57. The van der Waals surface area contributed by atoms with Crippen molar-refractivity contribution in [2.45, 2.75) is 57.5 Å². The molecule has 112 valence electrons. The van der Waals surface area contributed by atoms with Gasteiger partial charge in [-0.2, -0.15) is 0 Å². The van der Waals surface area contributed by atoms with Crippen LogP contribution < -0.4 is 5.73 Å². The first kappa shape index (κ1) is 14.3. The van der Waals surface area contributed by atoms with Crippen molar-refractivity contribution in [2.24, 2.45) is 5.73 Å². The lowest BCUT2D eigenvalue weighted by atomic mass is 9.78. The molecule has 1 heterocycles. The highest BCUT2D eigenvalue weighted by Crippen LogP contribution is 2.34. The molecule has 0 spiro atoms. The summed E-state index contributed by atoms with van der Waals surface area (Å²) in [7, 11) is 0. The summed E-state index contributed by atoms with van der Waals surface area (Å²) in [5, 5.41) is 0. The number of rotatable bonds is 5. The Labute approximate surface area is 127 Å². The van der Waals surface area contributed by atoms with Crippen LogP contribution in [0.15, 0.2) is 36.7 Å². The first-order valence-electron chi connectivity index (χ1n) is 8.13. The highest BCUT2D eigenvalue weighted by molar-refractivity contribution is 5.33. The number of benzene rings is 1. The molecule has 3 nitrogen and oxygen atoms in total. The minimum atomic E-state index is 0.157. The van der Waals surface area contributed by atoms with Crippen LogP contribution in [0, 0.1) is 0 Å². The van der Waals surface area contributed by atoms with Gasteiger partial charge in [-0.3, -0.25) is 0 Å². The van der Waals surface area contributed by atoms with Gasteiger partial charge in [-0.1, -0.05) is 31.2 Å². The maximum atomic E-state index is 6.57. The molecule has 0 radical (unpaired) electrons. The molecule has 2 unspecified atom stereocenters. The van der Waals surface area contributed by atoms with Gasteiger partial charge in [0, 0.05) is 31.4 Å². The van der Waals surface area contributed by atoms with Crippen molar-refractivity contribution >= 4 is 0 Å². The molecule has 1 aromatic heterocycles. The molecule has 0 saturated carbocycles. The zero-order valence-electron chi connectivity index (χ0n) is 12.8. The molecule has 0 fully saturated rings. The highest BCUT2D eigenvalue weighted by atomic mass is 15.1. The number of aryl methyl sites for hydroxylation is 2. The quantitative estimate of drug-likeness (QED) is 0.915. The molecule has 1 aliphatic carbocycles. The smallest absolute Gasteiger partial charge is 0.110 e. The van der Waals surface area contributed by atoms with Crippen molar-refractivity contribution in [3.05, 3.63) is 53.6 Å². The van der Waals surface area contributed by atoms with Gasteiger partial charge in [-0.25, -0.2) is 4.98 Å². The molecule has 2 N–H and O–H groups in total. The van der Waals surface area contributed by atoms with E-state index >= 15 is 0 Å². The molecule has 0 amide bonds. The van der Waals surface area contributed by atoms with E-state index in [1.165, 1.54) is 30.4 Å². The van der Waals surface area contributed by atoms with E-state index in [1.807, 2.05) is 6.20 Å². The van der Waals surface area contributed by atoms with Crippen LogP contribution >= 0.6 is 0 Å². The topological polar surface area (TPSA) is 43.8 Å². The SMILES string of the molecule is CCCn1ccnc1CC(N)C1CCCc2ccccc21. The molecule has 1 aliphatic rings. The standard InChI is InChI=1S/C18H25N3/c1-2-11-21-12-10-20-18(21)13-17(19)16-9-5-7-14-6-3-4-8-15(14)16/h3-4,6,8,10,12,16-17H,2,5,7,9,11,13,19H2,1H3. The lowest BCUT2D eigenvalue weighted by molar-refractivity contribution is 0.447. The third kappa shape index (κ3) is 3.03. The Bertz CT molecular complexity index is 588. The van der Waals surface area contributed by atoms with E-state index in [0.29, 0.717) is 5.92 Å². The van der Waals surface area contributed by atoms with Crippen molar-refractivity contribution < 1.29 is 0 Å². The number of imidazole rings is 1. The summed E-state index contributed by atoms with van der Waals surface area (Å²) in [6.45, 7) is 3.23. The monoisotopic (exact) mass is 283 g/mol. The number of fused-ring (bicyclic) bond motifs is 1. The second kappa shape index (κ2) is 6.44. The number of nitrogens with zero attached hydrogens (tertiary/aromatic N) is 2. The average molecular weight is 283 g/mol. The summed E-state index contributed by atoms with van der Waals surface area (Å²) in [5.74, 6) is 1.61. The highest BCUT2D eigenvalue weighted by Gasteiger charge is 2.26. The summed E-state index contributed by atoms with van der Waals surface area (Å²) < 4.78 is 2.24. The van der Waals surface area contributed by atoms with E-state index in [1.54, 1.807) is 0 Å². The number of aromatic nitrogens is 2. The molecule has 3 rings (SSSR count). The van der Waals surface area contributed by atoms with E-state index in [4.69, 9.17) is 5.73 Å². The van der Waals surface area contributed by atoms with Crippen molar-refractivity contribution in [1.29, 1.82) is 0 Å². The predicted octanol–water partition coefficient (Wildman–Crippen LogP) is 3.28. The first-order valence-corrected chi connectivity index (χ1v) is 8.13. The second-order valence-corrected chi connectivity index (χ2v) is 6.10. The third-order valence-corrected chi connectivity index (χ3v) is 4.62. The Morgan fingerprint density at radius 1 is 1.38 bits per heavy atom. The number of nitrogens with two attached hydrogens (primary N) is 1. The Kier molecular flexibility index (Phi) is 4.39. The fourth-order valence-electron chi connectivity index (χ4n) is 3.56. The molecule has 21 heavy (non-hydrogen) atoms. The second-order valence-electron chi connectivity index (χ2n) is 6.10. The third-order valence-electron chi connectivity index (χ3n) is 4.62. The van der Waals surface area contributed by atoms with Crippen LogP contribution in [0.5, 0.6) is 0 Å². The molecule has 0 saturated heterocycles. The fourth-order valence-corrected chi connectivity index (χ4v) is 3.56. The lowest BCUT2D eigenvalue weighted by Crippen LogP contribution is -2.34. The number of hydrogen-bond donors (Lipinski definition) is 1. The van der Waals surface area contributed by atoms with Gasteiger partial charge in [-0.05, 0) is 42.7 Å². The molecule has 0 bridgehead atoms. The molecular weight excluding hydrogens is 258 g/mol. The van der Waals surface area contributed by atoms with Crippen LogP contribution in [-0.2, 0) is 19.4 Å². The van der Waals surface area contributed by atoms with E-state index in [0.717, 1.165) is 25.2 Å². The molecule has 0 aliphatic heterocycles. The summed E-state index contributed by atoms with van der Waals surface area (Å²) in [5.41, 5.74) is 9.52. The molecule has 2 atom stereocenters. The van der Waals surface area contributed by atoms with Crippen LogP contribution in [0.2, 0.25) is 0 Å². The first-order chi connectivity index (χ1) is 10.3. The molecule has 3 heteroatoms. The summed E-state index contributed by atoms with van der Waals surface area (Å²) in [6.07, 6.45) is 9.61. The zero-order chi connectivity index (χ0) is 14.7. The van der Waals surface area contributed by atoms with Gasteiger partial charge in [0.15, 0.2) is 0 Å². The van der Waals surface area contributed by atoms with Gasteiger partial charge in [-0.15, -0.1) is 0 Å². The fraction of sp³-hybridized carbons (Fsp3) is 0.500. The van der Waals surface area contributed by atoms with Gasteiger partial charge < -0.3 is 10.3 Å². The van der Waals surface area contributed by atoms with Crippen molar-refractivity contribution in [2.75, 3.05) is 0 Å². The van der Waals surface area contributed by atoms with Crippen molar-refractivity contribution in [1.82, 2.24) is 9.55 Å². The number of hydrogen-bond acceptors (Lipinski definition) is 2. The van der Waals surface area contributed by atoms with Crippen LogP contribution in [-0.4, -0.2) is 15.6 Å². The van der Waals surface area contributed by atoms with Crippen LogP contribution in [0.3, 0.4) is 0 Å². The van der Waals surface area contributed by atoms with E-state index in [9.17, 15) is 0 Å². The van der Waals surface area contributed by atoms with Gasteiger partial charge >= 0.3 is 0 Å². The van der Waals surface area contributed by atoms with E-state index in [-0.39, 0.29) is 6.04 Å². The largest absolute Gasteiger partial charge is 0.335 e. The summed E-state index contributed by atoms with van der Waals surface area (Å²) >= 11 is 0. The molecule has 1 aromatic carbocycles. The Morgan fingerprint density at radius 3 is 3.10 bits per heavy atom. The zero-order valence-corrected chi connectivity index (χ0v) is 12.8. The summed E-state index contributed by atoms with van der Waals surface area (Å²) in [4.78, 5) is 4.51. The van der Waals surface area contributed by atoms with Crippen LogP contribution in [0.4, 0.5) is 0 Å². The minimum Gasteiger partial charge on any atom is -0.335 e. The van der Waals surface area contributed by atoms with Crippen LogP contribution in [0.1, 0.15) is 49.1 Å². The lowest BCUT2D eigenvalue weighted by Gasteiger charge is -2.30. The van der Waals surface area contributed by atoms with Crippen molar-refractivity contribution in [3.8, 4) is 0 Å². The predicted molar refractivity (Wildman–Crippen MR) is 86.3 cm³/mol. The van der Waals surface area contributed by atoms with Gasteiger partial charge in [0.1, 0.15) is 5.82 Å². The minimum absolute atomic E-state index is 0.157. The van der Waals surface area contributed by atoms with Gasteiger partial charge in [0.05, 0.1) is 0 Å².